The molecule has 0 unspecified atom stereocenters. The quantitative estimate of drug-likeness (QED) is 0.176. The van der Waals surface area contributed by atoms with E-state index >= 15 is 8.78 Å². The minimum Gasteiger partial charge on any atom is -0.496 e. The molecule has 2 aliphatic rings. The van der Waals surface area contributed by atoms with E-state index < -0.39 is 45.6 Å². The number of sulfonamides is 1. The first-order valence-corrected chi connectivity index (χ1v) is 18.7. The molecule has 290 valence electrons. The van der Waals surface area contributed by atoms with Gasteiger partial charge in [0.15, 0.2) is 6.04 Å². The molecular formula is C36H41ClF5N3O7S. The predicted molar refractivity (Wildman–Crippen MR) is 187 cm³/mol. The van der Waals surface area contributed by atoms with E-state index in [-0.39, 0.29) is 29.8 Å². The number of ether oxygens (including phenoxy) is 2. The number of benzene rings is 3. The maximum absolute atomic E-state index is 16.5. The van der Waals surface area contributed by atoms with Crippen molar-refractivity contribution in [3.05, 3.63) is 77.3 Å². The Kier molecular flexibility index (Phi) is 14.1. The van der Waals surface area contributed by atoms with Gasteiger partial charge in [-0.25, -0.2) is 13.2 Å². The second kappa shape index (κ2) is 17.9. The smallest absolute Gasteiger partial charge is 0.490 e. The second-order valence-corrected chi connectivity index (χ2v) is 15.0. The van der Waals surface area contributed by atoms with Crippen molar-refractivity contribution in [3.8, 4) is 22.6 Å². The second-order valence-electron chi connectivity index (χ2n) is 12.9. The lowest BCUT2D eigenvalue weighted by Crippen LogP contribution is -2.58. The molecule has 1 aliphatic carbocycles. The van der Waals surface area contributed by atoms with Gasteiger partial charge in [-0.2, -0.15) is 26.7 Å². The fourth-order valence-corrected chi connectivity index (χ4v) is 7.34. The molecule has 1 heterocycles. The van der Waals surface area contributed by atoms with Crippen LogP contribution >= 0.6 is 11.6 Å². The lowest BCUT2D eigenvalue weighted by molar-refractivity contribution is -0.192. The molecule has 3 aromatic carbocycles. The van der Waals surface area contributed by atoms with Crippen LogP contribution in [0, 0.1) is 5.92 Å². The molecule has 0 radical (unpaired) electrons. The standard InChI is InChI=1S/C34H40ClF2N3O5S.C2HF3O2/c1-44-31-21-25(9-16-30(31)24-7-10-26(35)11-8-24)34(36,37)32(33(41)40-19-17-27(38)18-20-40)39-46(42,43)29-14-12-28(13-15-29)45-22-23-5-3-2-4-6-23;3-2(4,5)1(6)7/h7-16,21,23,27,32,39H,2-6,17-20,22,38H2,1H3;(H,6,7)/t32-;/m0./s1. The summed E-state index contributed by atoms with van der Waals surface area (Å²) >= 11 is 6.01. The van der Waals surface area contributed by atoms with Crippen LogP contribution in [0.5, 0.6) is 11.5 Å². The number of halogens is 6. The number of hydrogen-bond donors (Lipinski definition) is 3. The van der Waals surface area contributed by atoms with Crippen LogP contribution in [-0.4, -0.2) is 75.4 Å². The average Bonchev–Trinajstić information content (AvgIpc) is 3.13. The van der Waals surface area contributed by atoms with Crippen LogP contribution in [0.15, 0.2) is 71.6 Å². The highest BCUT2D eigenvalue weighted by molar-refractivity contribution is 7.89. The van der Waals surface area contributed by atoms with Crippen molar-refractivity contribution in [2.45, 2.75) is 74.0 Å². The Labute approximate surface area is 309 Å². The molecule has 10 nitrogen and oxygen atoms in total. The first-order valence-electron chi connectivity index (χ1n) is 16.8. The maximum atomic E-state index is 16.5. The van der Waals surface area contributed by atoms with Crippen LogP contribution in [0.25, 0.3) is 11.1 Å². The number of aliphatic carboxylic acids is 1. The summed E-state index contributed by atoms with van der Waals surface area (Å²) < 4.78 is 105. The third-order valence-electron chi connectivity index (χ3n) is 9.06. The summed E-state index contributed by atoms with van der Waals surface area (Å²) in [6.45, 7) is 0.813. The molecule has 4 N–H and O–H groups in total. The summed E-state index contributed by atoms with van der Waals surface area (Å²) in [5.74, 6) is -6.68. The maximum Gasteiger partial charge on any atom is 0.490 e. The first kappa shape index (κ1) is 41.8. The van der Waals surface area contributed by atoms with Crippen molar-refractivity contribution in [2.75, 3.05) is 26.8 Å². The van der Waals surface area contributed by atoms with Gasteiger partial charge in [0.1, 0.15) is 11.5 Å². The summed E-state index contributed by atoms with van der Waals surface area (Å²) in [4.78, 5) is 23.6. The number of nitrogens with zero attached hydrogens (tertiary/aromatic N) is 1. The number of methoxy groups -OCH3 is 1. The zero-order valence-electron chi connectivity index (χ0n) is 28.8. The first-order chi connectivity index (χ1) is 24.9. The highest BCUT2D eigenvalue weighted by Gasteiger charge is 2.50. The molecule has 1 saturated carbocycles. The normalized spacial score (nSPS) is 16.6. The van der Waals surface area contributed by atoms with Gasteiger partial charge < -0.3 is 25.2 Å². The van der Waals surface area contributed by atoms with Crippen molar-refractivity contribution < 1.29 is 54.5 Å². The van der Waals surface area contributed by atoms with Crippen molar-refractivity contribution in [1.82, 2.24) is 9.62 Å². The van der Waals surface area contributed by atoms with E-state index in [0.29, 0.717) is 47.3 Å². The van der Waals surface area contributed by atoms with Gasteiger partial charge in [0.05, 0.1) is 18.6 Å². The van der Waals surface area contributed by atoms with E-state index in [9.17, 15) is 26.4 Å². The van der Waals surface area contributed by atoms with Crippen molar-refractivity contribution in [1.29, 1.82) is 0 Å². The molecule has 17 heteroatoms. The Hall–Kier alpha value is -3.99. The Morgan fingerprint density at radius 3 is 2.08 bits per heavy atom. The number of nitrogens with two attached hydrogens (primary N) is 1. The summed E-state index contributed by atoms with van der Waals surface area (Å²) in [5, 5.41) is 7.64. The number of alkyl halides is 5. The van der Waals surface area contributed by atoms with Gasteiger partial charge in [0.2, 0.25) is 15.9 Å². The van der Waals surface area contributed by atoms with Gasteiger partial charge in [0.25, 0.3) is 5.92 Å². The highest BCUT2D eigenvalue weighted by atomic mass is 35.5. The van der Waals surface area contributed by atoms with Crippen LogP contribution in [0.3, 0.4) is 0 Å². The summed E-state index contributed by atoms with van der Waals surface area (Å²) in [6.07, 6.45) is 1.52. The summed E-state index contributed by atoms with van der Waals surface area (Å²) in [5.41, 5.74) is 6.60. The van der Waals surface area contributed by atoms with Crippen molar-refractivity contribution in [2.24, 2.45) is 11.7 Å². The topological polar surface area (TPSA) is 148 Å². The fraction of sp³-hybridized carbons (Fsp3) is 0.444. The number of piperidine rings is 1. The van der Waals surface area contributed by atoms with Crippen molar-refractivity contribution >= 4 is 33.5 Å². The van der Waals surface area contributed by atoms with E-state index in [4.69, 9.17) is 36.7 Å². The molecule has 3 aromatic rings. The van der Waals surface area contributed by atoms with Gasteiger partial charge in [-0.05, 0) is 79.6 Å². The van der Waals surface area contributed by atoms with Gasteiger partial charge in [-0.3, -0.25) is 4.79 Å². The molecule has 1 amide bonds. The van der Waals surface area contributed by atoms with E-state index in [1.165, 1.54) is 67.7 Å². The number of nitrogens with one attached hydrogen (secondary N) is 1. The molecule has 1 atom stereocenters. The van der Waals surface area contributed by atoms with Crippen LogP contribution < -0.4 is 19.9 Å². The number of carboxylic acids is 1. The number of likely N-dealkylation sites (tertiary alicyclic amines) is 1. The molecule has 0 bridgehead atoms. The van der Waals surface area contributed by atoms with Crippen LogP contribution in [0.2, 0.25) is 5.02 Å². The van der Waals surface area contributed by atoms with Crippen LogP contribution in [0.1, 0.15) is 50.5 Å². The van der Waals surface area contributed by atoms with Gasteiger partial charge in [-0.15, -0.1) is 0 Å². The van der Waals surface area contributed by atoms with Gasteiger partial charge in [0, 0.05) is 35.3 Å². The largest absolute Gasteiger partial charge is 0.496 e. The molecule has 1 aliphatic heterocycles. The number of carboxylic acid groups (broad SMARTS) is 1. The monoisotopic (exact) mass is 789 g/mol. The summed E-state index contributed by atoms with van der Waals surface area (Å²) in [6, 6.07) is 13.5. The zero-order chi connectivity index (χ0) is 39.0. The van der Waals surface area contributed by atoms with Gasteiger partial charge in [-0.1, -0.05) is 55.1 Å². The lowest BCUT2D eigenvalue weighted by atomic mass is 9.90. The number of hydrogen-bond acceptors (Lipinski definition) is 7. The van der Waals surface area contributed by atoms with E-state index in [1.807, 2.05) is 0 Å². The minimum atomic E-state index is -5.08. The number of amides is 1. The number of carbonyl (C=O) groups excluding carboxylic acids is 1. The Morgan fingerprint density at radius 2 is 1.53 bits per heavy atom. The fourth-order valence-electron chi connectivity index (χ4n) is 6.02. The molecule has 1 saturated heterocycles. The third kappa shape index (κ3) is 11.3. The lowest BCUT2D eigenvalue weighted by Gasteiger charge is -2.35. The molecule has 53 heavy (non-hydrogen) atoms. The Morgan fingerprint density at radius 1 is 0.943 bits per heavy atom. The number of carbonyl (C=O) groups is 2. The summed E-state index contributed by atoms with van der Waals surface area (Å²) in [7, 11) is -3.22. The van der Waals surface area contributed by atoms with Crippen LogP contribution in [-0.2, 0) is 25.5 Å². The van der Waals surface area contributed by atoms with E-state index in [2.05, 4.69) is 4.72 Å². The Bertz CT molecular complexity index is 1800. The zero-order valence-corrected chi connectivity index (χ0v) is 30.3. The highest BCUT2D eigenvalue weighted by Crippen LogP contribution is 2.40. The third-order valence-corrected chi connectivity index (χ3v) is 10.8. The SMILES string of the molecule is COc1cc(C(F)(F)[C@@H](NS(=O)(=O)c2ccc(OCC3CCCCC3)cc2)C(=O)N2CCC(N)CC2)ccc1-c1ccc(Cl)cc1.O=C(O)C(F)(F)F. The van der Waals surface area contributed by atoms with Gasteiger partial charge >= 0.3 is 12.1 Å². The van der Waals surface area contributed by atoms with E-state index in [1.54, 1.807) is 24.3 Å². The van der Waals surface area contributed by atoms with Crippen LogP contribution in [0.4, 0.5) is 22.0 Å². The Balaban J connectivity index is 0.000000815. The molecule has 0 aromatic heterocycles. The average molecular weight is 790 g/mol. The minimum absolute atomic E-state index is 0.126. The number of rotatable bonds is 11. The molecule has 2 fully saturated rings. The molecular weight excluding hydrogens is 749 g/mol. The molecule has 0 spiro atoms. The molecule has 5 rings (SSSR count). The predicted octanol–water partition coefficient (Wildman–Crippen LogP) is 7.00. The van der Waals surface area contributed by atoms with Crippen molar-refractivity contribution in [3.63, 3.8) is 0 Å². The van der Waals surface area contributed by atoms with E-state index in [0.717, 1.165) is 18.9 Å².